The van der Waals surface area contributed by atoms with Gasteiger partial charge in [-0.15, -0.1) is 0 Å². The van der Waals surface area contributed by atoms with Crippen LogP contribution in [-0.2, 0) is 32.0 Å². The van der Waals surface area contributed by atoms with Crippen LogP contribution in [0.2, 0.25) is 0 Å². The topological polar surface area (TPSA) is 72.9 Å². The van der Waals surface area contributed by atoms with E-state index in [0.717, 1.165) is 16.3 Å². The number of fused-ring (bicyclic) bond motifs is 2. The van der Waals surface area contributed by atoms with Gasteiger partial charge in [-0.3, -0.25) is 0 Å². The Balaban J connectivity index is 1.69. The van der Waals surface area contributed by atoms with Gasteiger partial charge in [0.1, 0.15) is 11.4 Å². The number of hydrogen-bond acceptors (Lipinski definition) is 5. The van der Waals surface area contributed by atoms with Crippen molar-refractivity contribution in [2.75, 3.05) is 6.54 Å². The Bertz CT molecular complexity index is 1470. The molecule has 0 aliphatic heterocycles. The number of nitrogens with zero attached hydrogens (tertiary/aromatic N) is 1. The summed E-state index contributed by atoms with van der Waals surface area (Å²) in [4.78, 5) is 14.8. The van der Waals surface area contributed by atoms with Gasteiger partial charge in [0.15, 0.2) is 0 Å². The summed E-state index contributed by atoms with van der Waals surface area (Å²) in [5.74, 6) is -0.950. The van der Waals surface area contributed by atoms with Crippen molar-refractivity contribution in [1.82, 2.24) is 4.90 Å². The predicted molar refractivity (Wildman–Crippen MR) is 138 cm³/mol. The fourth-order valence-corrected chi connectivity index (χ4v) is 4.86. The van der Waals surface area contributed by atoms with Crippen molar-refractivity contribution in [3.05, 3.63) is 89.5 Å². The van der Waals surface area contributed by atoms with E-state index in [9.17, 15) is 26.4 Å². The lowest BCUT2D eigenvalue weighted by molar-refractivity contribution is -0.0509. The third kappa shape index (κ3) is 6.30. The average molecular weight is 548 g/mol. The third-order valence-corrected chi connectivity index (χ3v) is 6.95. The van der Waals surface area contributed by atoms with Crippen molar-refractivity contribution in [3.8, 4) is 0 Å². The number of benzene rings is 3. The lowest BCUT2D eigenvalue weighted by atomic mass is 9.88. The predicted octanol–water partition coefficient (Wildman–Crippen LogP) is 6.66. The number of hydrogen-bond donors (Lipinski definition) is 0. The van der Waals surface area contributed by atoms with Crippen molar-refractivity contribution in [2.24, 2.45) is 5.92 Å². The maximum absolute atomic E-state index is 13.3. The molecule has 38 heavy (non-hydrogen) atoms. The molecule has 0 radical (unpaired) electrons. The van der Waals surface area contributed by atoms with Crippen LogP contribution in [0.25, 0.3) is 16.5 Å². The smallest absolute Gasteiger partial charge is 0.444 e. The fraction of sp³-hybridized carbons (Fsp3) is 0.321. The molecule has 0 saturated heterocycles. The van der Waals surface area contributed by atoms with Crippen LogP contribution in [-0.4, -0.2) is 37.1 Å². The van der Waals surface area contributed by atoms with Gasteiger partial charge in [-0.05, 0) is 55.2 Å². The number of alkyl halides is 3. The minimum absolute atomic E-state index is 0.0609. The van der Waals surface area contributed by atoms with Gasteiger partial charge in [0.2, 0.25) is 0 Å². The van der Waals surface area contributed by atoms with E-state index in [1.807, 2.05) is 42.5 Å². The molecule has 6 nitrogen and oxygen atoms in total. The molecule has 1 aliphatic carbocycles. The summed E-state index contributed by atoms with van der Waals surface area (Å²) in [5.41, 5.74) is -4.62. The molecule has 0 fully saturated rings. The molecule has 1 unspecified atom stereocenters. The minimum atomic E-state index is -5.88. The molecular formula is C28H28F3NO5S. The van der Waals surface area contributed by atoms with Crippen LogP contribution in [0.4, 0.5) is 18.0 Å². The second-order valence-electron chi connectivity index (χ2n) is 10.1. The number of ether oxygens (including phenoxy) is 1. The second kappa shape index (κ2) is 10.3. The first-order valence-electron chi connectivity index (χ1n) is 12.0. The largest absolute Gasteiger partial charge is 0.534 e. The van der Waals surface area contributed by atoms with E-state index in [-0.39, 0.29) is 18.7 Å². The summed E-state index contributed by atoms with van der Waals surface area (Å²) in [5, 5.41) is 1.95. The van der Waals surface area contributed by atoms with Gasteiger partial charge >= 0.3 is 21.7 Å². The van der Waals surface area contributed by atoms with E-state index in [1.54, 1.807) is 39.0 Å². The second-order valence-corrected chi connectivity index (χ2v) is 11.7. The number of carbonyl (C=O) groups excluding carboxylic acids is 1. The molecule has 3 aromatic carbocycles. The van der Waals surface area contributed by atoms with Gasteiger partial charge in [0.25, 0.3) is 0 Å². The monoisotopic (exact) mass is 547 g/mol. The molecule has 0 saturated carbocycles. The van der Waals surface area contributed by atoms with E-state index in [1.165, 1.54) is 17.0 Å². The van der Waals surface area contributed by atoms with Crippen LogP contribution in [0, 0.1) is 5.92 Å². The molecular weight excluding hydrogens is 519 g/mol. The summed E-state index contributed by atoms with van der Waals surface area (Å²) in [6.45, 7) is 5.47. The molecule has 0 N–H and O–H groups in total. The quantitative estimate of drug-likeness (QED) is 0.255. The standard InChI is InChI=1S/C28H28F3NO5S/c1-27(2,3)36-26(33)32(18-22-12-8-11-20-9-4-6-13-23(20)22)17-19-15-21-10-5-7-14-24(21)25(16-19)37-38(34,35)28(29,30)31/h4-14,16,19H,15,17-18H2,1-3H3. The Morgan fingerprint density at radius 2 is 1.63 bits per heavy atom. The molecule has 3 aromatic rings. The number of rotatable bonds is 6. The number of carbonyl (C=O) groups is 1. The SMILES string of the molecule is CC(C)(C)OC(=O)N(Cc1cccc2ccccc12)CC1C=C(OS(=O)(=O)C(F)(F)F)c2ccccc2C1. The van der Waals surface area contributed by atoms with Crippen LogP contribution in [0.3, 0.4) is 0 Å². The lowest BCUT2D eigenvalue weighted by Crippen LogP contribution is -2.40. The Labute approximate surface area is 219 Å². The minimum Gasteiger partial charge on any atom is -0.444 e. The first kappa shape index (κ1) is 27.5. The van der Waals surface area contributed by atoms with Gasteiger partial charge in [-0.2, -0.15) is 21.6 Å². The van der Waals surface area contributed by atoms with E-state index < -0.39 is 39.0 Å². The van der Waals surface area contributed by atoms with Crippen LogP contribution in [0.15, 0.2) is 72.8 Å². The van der Waals surface area contributed by atoms with Crippen molar-refractivity contribution < 1.29 is 35.3 Å². The first-order chi connectivity index (χ1) is 17.7. The Morgan fingerprint density at radius 3 is 2.34 bits per heavy atom. The Hall–Kier alpha value is -3.53. The van der Waals surface area contributed by atoms with Gasteiger partial charge in [-0.25, -0.2) is 4.79 Å². The van der Waals surface area contributed by atoms with Crippen molar-refractivity contribution in [1.29, 1.82) is 0 Å². The first-order valence-corrected chi connectivity index (χ1v) is 13.4. The van der Waals surface area contributed by atoms with Gasteiger partial charge in [0, 0.05) is 24.6 Å². The summed E-state index contributed by atoms with van der Waals surface area (Å²) in [6, 6.07) is 20.0. The zero-order valence-electron chi connectivity index (χ0n) is 21.2. The normalized spacial score (nSPS) is 15.9. The van der Waals surface area contributed by atoms with E-state index in [2.05, 4.69) is 4.18 Å². The summed E-state index contributed by atoms with van der Waals surface area (Å²) in [7, 11) is -5.88. The number of amides is 1. The highest BCUT2D eigenvalue weighted by Crippen LogP contribution is 2.36. The molecule has 0 heterocycles. The Kier molecular flexibility index (Phi) is 7.47. The van der Waals surface area contributed by atoms with E-state index in [4.69, 9.17) is 4.74 Å². The highest BCUT2D eigenvalue weighted by molar-refractivity contribution is 7.87. The van der Waals surface area contributed by atoms with Gasteiger partial charge in [0.05, 0.1) is 0 Å². The highest BCUT2D eigenvalue weighted by atomic mass is 32.2. The highest BCUT2D eigenvalue weighted by Gasteiger charge is 2.49. The van der Waals surface area contributed by atoms with Gasteiger partial charge in [-0.1, -0.05) is 66.7 Å². The molecule has 1 aliphatic rings. The zero-order valence-corrected chi connectivity index (χ0v) is 22.0. The van der Waals surface area contributed by atoms with Gasteiger partial charge < -0.3 is 13.8 Å². The van der Waals surface area contributed by atoms with Crippen molar-refractivity contribution >= 4 is 32.7 Å². The summed E-state index contributed by atoms with van der Waals surface area (Å²) in [6.07, 6.45) is 1.11. The molecule has 0 spiro atoms. The van der Waals surface area contributed by atoms with E-state index >= 15 is 0 Å². The van der Waals surface area contributed by atoms with Crippen molar-refractivity contribution in [3.63, 3.8) is 0 Å². The van der Waals surface area contributed by atoms with Crippen molar-refractivity contribution in [2.45, 2.75) is 44.8 Å². The molecule has 202 valence electrons. The molecule has 10 heteroatoms. The maximum atomic E-state index is 13.3. The van der Waals surface area contributed by atoms with Crippen LogP contribution in [0.5, 0.6) is 0 Å². The number of halogens is 3. The molecule has 1 amide bonds. The van der Waals surface area contributed by atoms with Crippen LogP contribution >= 0.6 is 0 Å². The fourth-order valence-electron chi connectivity index (χ4n) is 4.39. The summed E-state index contributed by atoms with van der Waals surface area (Å²) >= 11 is 0. The third-order valence-electron chi connectivity index (χ3n) is 5.98. The Morgan fingerprint density at radius 1 is 0.974 bits per heavy atom. The van der Waals surface area contributed by atoms with Crippen LogP contribution < -0.4 is 0 Å². The molecule has 4 rings (SSSR count). The molecule has 0 aromatic heterocycles. The lowest BCUT2D eigenvalue weighted by Gasteiger charge is -2.32. The summed E-state index contributed by atoms with van der Waals surface area (Å²) < 4.78 is 73.1. The maximum Gasteiger partial charge on any atom is 0.534 e. The molecule has 0 bridgehead atoms. The zero-order chi connectivity index (χ0) is 27.7. The molecule has 1 atom stereocenters. The van der Waals surface area contributed by atoms with Crippen LogP contribution in [0.1, 0.15) is 37.5 Å². The van der Waals surface area contributed by atoms with E-state index in [0.29, 0.717) is 12.0 Å². The average Bonchev–Trinajstić information content (AvgIpc) is 2.82.